The van der Waals surface area contributed by atoms with E-state index in [1.54, 1.807) is 36.1 Å². The molecule has 27 heavy (non-hydrogen) atoms. The first-order valence-electron chi connectivity index (χ1n) is 9.02. The van der Waals surface area contributed by atoms with E-state index in [9.17, 15) is 14.0 Å². The molecule has 2 aromatic rings. The first-order chi connectivity index (χ1) is 13.1. The fraction of sp³-hybridized carbons (Fsp3) is 0.333. The predicted octanol–water partition coefficient (Wildman–Crippen LogP) is 3.36. The second-order valence-electron chi connectivity index (χ2n) is 6.33. The Labute approximate surface area is 157 Å². The van der Waals surface area contributed by atoms with Crippen LogP contribution in [0.2, 0.25) is 0 Å². The van der Waals surface area contributed by atoms with Crippen LogP contribution < -0.4 is 4.74 Å². The molecular formula is C21H22FNO4. The van der Waals surface area contributed by atoms with Gasteiger partial charge in [0.15, 0.2) is 0 Å². The van der Waals surface area contributed by atoms with Gasteiger partial charge in [-0.15, -0.1) is 0 Å². The molecule has 5 nitrogen and oxygen atoms in total. The lowest BCUT2D eigenvalue weighted by Crippen LogP contribution is -2.39. The summed E-state index contributed by atoms with van der Waals surface area (Å²) >= 11 is 0. The number of carbonyl (C=O) groups is 2. The van der Waals surface area contributed by atoms with E-state index < -0.39 is 0 Å². The number of hydrogen-bond acceptors (Lipinski definition) is 4. The SMILES string of the molecule is CCOC(=O)CCN1CCc2cc(OCc3cccc(F)c3)ccc2C1=O. The van der Waals surface area contributed by atoms with Gasteiger partial charge < -0.3 is 14.4 Å². The molecule has 6 heteroatoms. The van der Waals surface area contributed by atoms with Crippen molar-refractivity contribution < 1.29 is 23.5 Å². The van der Waals surface area contributed by atoms with Gasteiger partial charge in [0.05, 0.1) is 13.0 Å². The minimum Gasteiger partial charge on any atom is -0.489 e. The molecule has 1 aliphatic heterocycles. The molecule has 0 atom stereocenters. The normalized spacial score (nSPS) is 13.3. The van der Waals surface area contributed by atoms with Crippen LogP contribution in [0.4, 0.5) is 4.39 Å². The fourth-order valence-electron chi connectivity index (χ4n) is 3.07. The van der Waals surface area contributed by atoms with E-state index in [-0.39, 0.29) is 30.7 Å². The number of rotatable bonds is 7. The topological polar surface area (TPSA) is 55.8 Å². The van der Waals surface area contributed by atoms with Gasteiger partial charge in [-0.1, -0.05) is 12.1 Å². The summed E-state index contributed by atoms with van der Waals surface area (Å²) in [4.78, 5) is 25.8. The Morgan fingerprint density at radius 1 is 1.22 bits per heavy atom. The van der Waals surface area contributed by atoms with Gasteiger partial charge in [-0.2, -0.15) is 0 Å². The third-order valence-corrected chi connectivity index (χ3v) is 4.43. The molecule has 0 aliphatic carbocycles. The van der Waals surface area contributed by atoms with Gasteiger partial charge in [-0.05, 0) is 54.8 Å². The lowest BCUT2D eigenvalue weighted by atomic mass is 9.98. The summed E-state index contributed by atoms with van der Waals surface area (Å²) in [5.74, 6) is -0.0322. The highest BCUT2D eigenvalue weighted by molar-refractivity contribution is 5.97. The van der Waals surface area contributed by atoms with Crippen molar-refractivity contribution in [1.29, 1.82) is 0 Å². The first-order valence-corrected chi connectivity index (χ1v) is 9.02. The van der Waals surface area contributed by atoms with Crippen molar-refractivity contribution in [2.45, 2.75) is 26.4 Å². The zero-order valence-electron chi connectivity index (χ0n) is 15.2. The highest BCUT2D eigenvalue weighted by Crippen LogP contribution is 2.24. The zero-order chi connectivity index (χ0) is 19.2. The third kappa shape index (κ3) is 4.84. The fourth-order valence-corrected chi connectivity index (χ4v) is 3.07. The van der Waals surface area contributed by atoms with Crippen molar-refractivity contribution in [2.75, 3.05) is 19.7 Å². The maximum absolute atomic E-state index is 13.2. The molecule has 0 radical (unpaired) electrons. The molecule has 0 saturated carbocycles. The quantitative estimate of drug-likeness (QED) is 0.701. The molecule has 142 valence electrons. The van der Waals surface area contributed by atoms with E-state index in [1.807, 2.05) is 6.07 Å². The van der Waals surface area contributed by atoms with Crippen molar-refractivity contribution in [3.8, 4) is 5.75 Å². The van der Waals surface area contributed by atoms with Gasteiger partial charge in [0, 0.05) is 18.7 Å². The van der Waals surface area contributed by atoms with Crippen LogP contribution in [0.1, 0.15) is 34.8 Å². The highest BCUT2D eigenvalue weighted by atomic mass is 19.1. The Morgan fingerprint density at radius 2 is 2.07 bits per heavy atom. The smallest absolute Gasteiger partial charge is 0.307 e. The van der Waals surface area contributed by atoms with E-state index in [1.165, 1.54) is 12.1 Å². The van der Waals surface area contributed by atoms with E-state index in [2.05, 4.69) is 0 Å². The Kier molecular flexibility index (Phi) is 6.06. The van der Waals surface area contributed by atoms with Crippen LogP contribution in [0.15, 0.2) is 42.5 Å². The Hall–Kier alpha value is -2.89. The van der Waals surface area contributed by atoms with Gasteiger partial charge in [-0.3, -0.25) is 9.59 Å². The van der Waals surface area contributed by atoms with Crippen molar-refractivity contribution in [2.24, 2.45) is 0 Å². The number of esters is 1. The summed E-state index contributed by atoms with van der Waals surface area (Å²) in [6.45, 7) is 3.27. The summed E-state index contributed by atoms with van der Waals surface area (Å²) in [5, 5.41) is 0. The number of carbonyl (C=O) groups excluding carboxylic acids is 2. The lowest BCUT2D eigenvalue weighted by Gasteiger charge is -2.28. The number of amides is 1. The first kappa shape index (κ1) is 18.9. The van der Waals surface area contributed by atoms with Gasteiger partial charge >= 0.3 is 5.97 Å². The van der Waals surface area contributed by atoms with Crippen LogP contribution in [0, 0.1) is 5.82 Å². The standard InChI is InChI=1S/C21H22FNO4/c1-2-26-20(24)9-11-23-10-8-16-13-18(6-7-19(16)21(23)25)27-14-15-4-3-5-17(22)12-15/h3-7,12-13H,2,8-11,14H2,1H3. The minimum atomic E-state index is -0.296. The lowest BCUT2D eigenvalue weighted by molar-refractivity contribution is -0.143. The molecule has 0 spiro atoms. The van der Waals surface area contributed by atoms with Gasteiger partial charge in [-0.25, -0.2) is 4.39 Å². The molecule has 0 N–H and O–H groups in total. The summed E-state index contributed by atoms with van der Waals surface area (Å²) in [7, 11) is 0. The van der Waals surface area contributed by atoms with Crippen molar-refractivity contribution in [3.05, 3.63) is 65.0 Å². The molecule has 1 amide bonds. The molecule has 2 aromatic carbocycles. The molecule has 1 aliphatic rings. The van der Waals surface area contributed by atoms with Gasteiger partial charge in [0.1, 0.15) is 18.2 Å². The molecule has 0 aromatic heterocycles. The van der Waals surface area contributed by atoms with Crippen LogP contribution in [-0.2, 0) is 22.6 Å². The van der Waals surface area contributed by atoms with Crippen LogP contribution in [0.3, 0.4) is 0 Å². The van der Waals surface area contributed by atoms with Crippen molar-refractivity contribution >= 4 is 11.9 Å². The van der Waals surface area contributed by atoms with Crippen molar-refractivity contribution in [3.63, 3.8) is 0 Å². The monoisotopic (exact) mass is 371 g/mol. The number of fused-ring (bicyclic) bond motifs is 1. The van der Waals surface area contributed by atoms with Crippen LogP contribution in [-0.4, -0.2) is 36.5 Å². The molecule has 3 rings (SSSR count). The van der Waals surface area contributed by atoms with Crippen LogP contribution in [0.25, 0.3) is 0 Å². The van der Waals surface area contributed by atoms with Crippen molar-refractivity contribution in [1.82, 2.24) is 4.90 Å². The predicted molar refractivity (Wildman–Crippen MR) is 98.0 cm³/mol. The largest absolute Gasteiger partial charge is 0.489 e. The second-order valence-corrected chi connectivity index (χ2v) is 6.33. The van der Waals surface area contributed by atoms with E-state index in [0.717, 1.165) is 11.1 Å². The van der Waals surface area contributed by atoms with Gasteiger partial charge in [0.25, 0.3) is 5.91 Å². The average molecular weight is 371 g/mol. The Bertz CT molecular complexity index is 837. The number of halogens is 1. The molecule has 0 saturated heterocycles. The zero-order valence-corrected chi connectivity index (χ0v) is 15.2. The number of benzene rings is 2. The maximum atomic E-state index is 13.2. The second kappa shape index (κ2) is 8.66. The summed E-state index contributed by atoms with van der Waals surface area (Å²) in [6.07, 6.45) is 0.894. The Morgan fingerprint density at radius 3 is 2.85 bits per heavy atom. The van der Waals surface area contributed by atoms with Crippen LogP contribution in [0.5, 0.6) is 5.75 Å². The highest BCUT2D eigenvalue weighted by Gasteiger charge is 2.25. The number of nitrogens with zero attached hydrogens (tertiary/aromatic N) is 1. The van der Waals surface area contributed by atoms with Crippen LogP contribution >= 0.6 is 0 Å². The molecule has 1 heterocycles. The number of hydrogen-bond donors (Lipinski definition) is 0. The van der Waals surface area contributed by atoms with E-state index in [0.29, 0.717) is 37.4 Å². The Balaban J connectivity index is 1.61. The summed E-state index contributed by atoms with van der Waals surface area (Å²) in [6, 6.07) is 11.6. The third-order valence-electron chi connectivity index (χ3n) is 4.43. The number of ether oxygens (including phenoxy) is 2. The molecule has 0 unspecified atom stereocenters. The molecular weight excluding hydrogens is 349 g/mol. The average Bonchev–Trinajstić information content (AvgIpc) is 2.66. The van der Waals surface area contributed by atoms with Gasteiger partial charge in [0.2, 0.25) is 0 Å². The molecule has 0 bridgehead atoms. The molecule has 0 fully saturated rings. The van der Waals surface area contributed by atoms with E-state index >= 15 is 0 Å². The summed E-state index contributed by atoms with van der Waals surface area (Å²) in [5.41, 5.74) is 2.29. The maximum Gasteiger partial charge on any atom is 0.307 e. The van der Waals surface area contributed by atoms with E-state index in [4.69, 9.17) is 9.47 Å². The minimum absolute atomic E-state index is 0.0859. The summed E-state index contributed by atoms with van der Waals surface area (Å²) < 4.78 is 23.9.